The summed E-state index contributed by atoms with van der Waals surface area (Å²) < 4.78 is 0. The Bertz CT molecular complexity index is 396. The van der Waals surface area contributed by atoms with Gasteiger partial charge in [-0.2, -0.15) is 0 Å². The molecule has 0 aliphatic heterocycles. The third kappa shape index (κ3) is 4.55. The van der Waals surface area contributed by atoms with Gasteiger partial charge in [-0.25, -0.2) is 0 Å². The maximum absolute atomic E-state index is 12.0. The van der Waals surface area contributed by atoms with Gasteiger partial charge in [0, 0.05) is 23.2 Å². The number of carbonyl (C=O) groups is 1. The number of amides is 1. The summed E-state index contributed by atoms with van der Waals surface area (Å²) in [5.41, 5.74) is 6.01. The molecule has 3 N–H and O–H groups in total. The minimum Gasteiger partial charge on any atom is -0.355 e. The molecule has 0 heterocycles. The highest BCUT2D eigenvalue weighted by Crippen LogP contribution is 2.23. The number of hydrogen-bond donors (Lipinski definition) is 2. The molecular weight excluding hydrogens is 256 g/mol. The van der Waals surface area contributed by atoms with E-state index in [0.29, 0.717) is 6.54 Å². The molecule has 104 valence electrons. The van der Waals surface area contributed by atoms with Crippen LogP contribution in [-0.2, 0) is 4.79 Å². The highest BCUT2D eigenvalue weighted by Gasteiger charge is 2.27. The highest BCUT2D eigenvalue weighted by molar-refractivity contribution is 7.99. The number of benzene rings is 1. The normalized spacial score (nSPS) is 23.0. The van der Waals surface area contributed by atoms with Gasteiger partial charge in [-0.05, 0) is 25.0 Å². The summed E-state index contributed by atoms with van der Waals surface area (Å²) in [4.78, 5) is 13.3. The minimum atomic E-state index is 0.0236. The molecule has 3 nitrogen and oxygen atoms in total. The molecule has 4 heteroatoms. The van der Waals surface area contributed by atoms with Gasteiger partial charge in [0.15, 0.2) is 0 Å². The van der Waals surface area contributed by atoms with Crippen molar-refractivity contribution in [3.63, 3.8) is 0 Å². The lowest BCUT2D eigenvalue weighted by atomic mass is 9.84. The molecule has 1 aliphatic rings. The van der Waals surface area contributed by atoms with Crippen LogP contribution < -0.4 is 11.1 Å². The van der Waals surface area contributed by atoms with Crippen LogP contribution in [0.25, 0.3) is 0 Å². The van der Waals surface area contributed by atoms with Gasteiger partial charge >= 0.3 is 0 Å². The largest absolute Gasteiger partial charge is 0.355 e. The fourth-order valence-corrected chi connectivity index (χ4v) is 3.27. The number of rotatable bonds is 5. The van der Waals surface area contributed by atoms with Gasteiger partial charge in [0.25, 0.3) is 0 Å². The predicted molar refractivity (Wildman–Crippen MR) is 80.1 cm³/mol. The van der Waals surface area contributed by atoms with Crippen molar-refractivity contribution in [2.24, 2.45) is 11.7 Å². The van der Waals surface area contributed by atoms with Crippen LogP contribution in [0.2, 0.25) is 0 Å². The van der Waals surface area contributed by atoms with Crippen molar-refractivity contribution >= 4 is 17.7 Å². The molecule has 0 bridgehead atoms. The molecule has 2 atom stereocenters. The SMILES string of the molecule is NC1CCCCC1C(=O)NCCSc1ccccc1. The van der Waals surface area contributed by atoms with Crippen LogP contribution >= 0.6 is 11.8 Å². The van der Waals surface area contributed by atoms with Gasteiger partial charge in [-0.15, -0.1) is 11.8 Å². The Morgan fingerprint density at radius 1 is 1.26 bits per heavy atom. The van der Waals surface area contributed by atoms with Crippen molar-refractivity contribution in [1.29, 1.82) is 0 Å². The molecule has 1 fully saturated rings. The van der Waals surface area contributed by atoms with E-state index in [9.17, 15) is 4.79 Å². The van der Waals surface area contributed by atoms with Crippen LogP contribution in [0.15, 0.2) is 35.2 Å². The van der Waals surface area contributed by atoms with Gasteiger partial charge in [0.2, 0.25) is 5.91 Å². The smallest absolute Gasteiger partial charge is 0.224 e. The Morgan fingerprint density at radius 2 is 2.00 bits per heavy atom. The quantitative estimate of drug-likeness (QED) is 0.642. The average molecular weight is 278 g/mol. The van der Waals surface area contributed by atoms with E-state index in [0.717, 1.165) is 31.4 Å². The molecule has 0 aromatic heterocycles. The third-order valence-electron chi connectivity index (χ3n) is 3.57. The Labute approximate surface area is 119 Å². The first-order valence-corrected chi connectivity index (χ1v) is 7.97. The average Bonchev–Trinajstić information content (AvgIpc) is 2.45. The Balaban J connectivity index is 1.66. The van der Waals surface area contributed by atoms with Crippen LogP contribution in [-0.4, -0.2) is 24.2 Å². The summed E-state index contributed by atoms with van der Waals surface area (Å²) >= 11 is 1.76. The van der Waals surface area contributed by atoms with E-state index in [-0.39, 0.29) is 17.9 Å². The monoisotopic (exact) mass is 278 g/mol. The van der Waals surface area contributed by atoms with Gasteiger partial charge in [-0.1, -0.05) is 31.0 Å². The zero-order chi connectivity index (χ0) is 13.5. The lowest BCUT2D eigenvalue weighted by Crippen LogP contribution is -2.44. The topological polar surface area (TPSA) is 55.1 Å². The van der Waals surface area contributed by atoms with Gasteiger partial charge in [0.05, 0.1) is 5.92 Å². The highest BCUT2D eigenvalue weighted by atomic mass is 32.2. The Kier molecular flexibility index (Phi) is 5.73. The molecule has 1 aromatic carbocycles. The number of thioether (sulfide) groups is 1. The fraction of sp³-hybridized carbons (Fsp3) is 0.533. The van der Waals surface area contributed by atoms with E-state index in [1.54, 1.807) is 11.8 Å². The predicted octanol–water partition coefficient (Wildman–Crippen LogP) is 2.41. The fourth-order valence-electron chi connectivity index (χ4n) is 2.48. The van der Waals surface area contributed by atoms with Crippen LogP contribution in [0.4, 0.5) is 0 Å². The molecular formula is C15H22N2OS. The van der Waals surface area contributed by atoms with E-state index in [1.165, 1.54) is 4.90 Å². The number of nitrogens with one attached hydrogen (secondary N) is 1. The van der Waals surface area contributed by atoms with Crippen molar-refractivity contribution in [3.8, 4) is 0 Å². The first-order chi connectivity index (χ1) is 9.27. The van der Waals surface area contributed by atoms with Crippen molar-refractivity contribution in [2.45, 2.75) is 36.6 Å². The van der Waals surface area contributed by atoms with Gasteiger partial charge < -0.3 is 11.1 Å². The molecule has 19 heavy (non-hydrogen) atoms. The van der Waals surface area contributed by atoms with Gasteiger partial charge in [0.1, 0.15) is 0 Å². The summed E-state index contributed by atoms with van der Waals surface area (Å²) in [6.07, 6.45) is 4.22. The zero-order valence-corrected chi connectivity index (χ0v) is 12.0. The Hall–Kier alpha value is -1.00. The standard InChI is InChI=1S/C15H22N2OS/c16-14-9-5-4-8-13(14)15(18)17-10-11-19-12-6-2-1-3-7-12/h1-3,6-7,13-14H,4-5,8-11,16H2,(H,17,18). The number of nitrogens with two attached hydrogens (primary N) is 1. The molecule has 2 unspecified atom stereocenters. The lowest BCUT2D eigenvalue weighted by molar-refractivity contribution is -0.126. The maximum atomic E-state index is 12.0. The number of hydrogen-bond acceptors (Lipinski definition) is 3. The van der Waals surface area contributed by atoms with Crippen LogP contribution in [0.1, 0.15) is 25.7 Å². The third-order valence-corrected chi connectivity index (χ3v) is 4.58. The van der Waals surface area contributed by atoms with Crippen molar-refractivity contribution in [3.05, 3.63) is 30.3 Å². The second-order valence-electron chi connectivity index (χ2n) is 5.01. The van der Waals surface area contributed by atoms with Crippen LogP contribution in [0.5, 0.6) is 0 Å². The summed E-state index contributed by atoms with van der Waals surface area (Å²) in [5, 5.41) is 3.01. The van der Waals surface area contributed by atoms with E-state index >= 15 is 0 Å². The van der Waals surface area contributed by atoms with Crippen LogP contribution in [0.3, 0.4) is 0 Å². The van der Waals surface area contributed by atoms with E-state index in [4.69, 9.17) is 5.73 Å². The summed E-state index contributed by atoms with van der Waals surface area (Å²) in [5.74, 6) is 1.06. The second-order valence-corrected chi connectivity index (χ2v) is 6.18. The molecule has 1 saturated carbocycles. The molecule has 0 saturated heterocycles. The first-order valence-electron chi connectivity index (χ1n) is 6.98. The second kappa shape index (κ2) is 7.56. The molecule has 1 aliphatic carbocycles. The lowest BCUT2D eigenvalue weighted by Gasteiger charge is -2.27. The molecule has 0 radical (unpaired) electrons. The summed E-state index contributed by atoms with van der Waals surface area (Å²) in [6.45, 7) is 0.710. The van der Waals surface area contributed by atoms with E-state index in [2.05, 4.69) is 17.4 Å². The zero-order valence-electron chi connectivity index (χ0n) is 11.2. The van der Waals surface area contributed by atoms with Crippen molar-refractivity contribution in [1.82, 2.24) is 5.32 Å². The summed E-state index contributed by atoms with van der Waals surface area (Å²) in [7, 11) is 0. The molecule has 0 spiro atoms. The van der Waals surface area contributed by atoms with Crippen molar-refractivity contribution in [2.75, 3.05) is 12.3 Å². The molecule has 1 amide bonds. The minimum absolute atomic E-state index is 0.0236. The first kappa shape index (κ1) is 14.4. The number of carbonyl (C=O) groups excluding carboxylic acids is 1. The maximum Gasteiger partial charge on any atom is 0.224 e. The molecule has 2 rings (SSSR count). The van der Waals surface area contributed by atoms with Crippen LogP contribution in [0, 0.1) is 5.92 Å². The molecule has 1 aromatic rings. The van der Waals surface area contributed by atoms with Gasteiger partial charge in [-0.3, -0.25) is 4.79 Å². The summed E-state index contributed by atoms with van der Waals surface area (Å²) in [6, 6.07) is 10.3. The van der Waals surface area contributed by atoms with E-state index < -0.39 is 0 Å². The Morgan fingerprint density at radius 3 is 2.74 bits per heavy atom. The van der Waals surface area contributed by atoms with E-state index in [1.807, 2.05) is 18.2 Å². The van der Waals surface area contributed by atoms with Crippen molar-refractivity contribution < 1.29 is 4.79 Å².